The molecule has 3 fully saturated rings. The molecule has 30 heavy (non-hydrogen) atoms. The van der Waals surface area contributed by atoms with Crippen LogP contribution in [0.1, 0.15) is 36.1 Å². The first-order valence-corrected chi connectivity index (χ1v) is 10.2. The molecule has 1 heterocycles. The van der Waals surface area contributed by atoms with Crippen LogP contribution in [0.4, 0.5) is 5.69 Å². The van der Waals surface area contributed by atoms with Crippen LogP contribution in [0.15, 0.2) is 47.4 Å². The van der Waals surface area contributed by atoms with Crippen molar-refractivity contribution in [3.8, 4) is 11.3 Å². The van der Waals surface area contributed by atoms with Crippen LogP contribution in [0, 0.1) is 18.3 Å². The number of ether oxygens (including phenoxy) is 1. The van der Waals surface area contributed by atoms with E-state index in [-0.39, 0.29) is 0 Å². The lowest BCUT2D eigenvalue weighted by Crippen LogP contribution is -2.53. The van der Waals surface area contributed by atoms with E-state index < -0.39 is 0 Å². The highest BCUT2D eigenvalue weighted by atomic mass is 16.5. The fourth-order valence-electron chi connectivity index (χ4n) is 4.47. The number of nitrogens with zero attached hydrogens (tertiary/aromatic N) is 2. The lowest BCUT2D eigenvalue weighted by Gasteiger charge is -2.61. The third-order valence-electron chi connectivity index (χ3n) is 6.24. The molecule has 3 aliphatic rings. The third-order valence-corrected chi connectivity index (χ3v) is 6.24. The molecule has 156 valence electrons. The molecule has 0 saturated heterocycles. The number of benzene rings is 1. The summed E-state index contributed by atoms with van der Waals surface area (Å²) in [5.41, 5.74) is 24.3. The molecule has 5 rings (SSSR count). The molecule has 0 spiro atoms. The molecule has 6 N–H and O–H groups in total. The number of pyridine rings is 1. The molecular formula is C24H29N5O. The molecule has 2 aromatic rings. The molecule has 1 aromatic carbocycles. The molecule has 0 unspecified atom stereocenters. The van der Waals surface area contributed by atoms with Crippen molar-refractivity contribution in [1.82, 2.24) is 4.98 Å². The smallest absolute Gasteiger partial charge is 0.184 e. The number of anilines is 1. The van der Waals surface area contributed by atoms with Crippen LogP contribution < -0.4 is 17.2 Å². The molecule has 0 atom stereocenters. The Labute approximate surface area is 177 Å². The molecule has 6 heteroatoms. The summed E-state index contributed by atoms with van der Waals surface area (Å²) in [6.07, 6.45) is 9.18. The largest absolute Gasteiger partial charge is 0.483 e. The van der Waals surface area contributed by atoms with Crippen molar-refractivity contribution in [2.75, 3.05) is 19.4 Å². The number of rotatable bonds is 7. The Kier molecular flexibility index (Phi) is 5.24. The fourth-order valence-corrected chi connectivity index (χ4v) is 4.47. The first-order valence-electron chi connectivity index (χ1n) is 10.2. The molecule has 3 saturated carbocycles. The first-order chi connectivity index (χ1) is 14.4. The zero-order valence-electron chi connectivity index (χ0n) is 17.6. The number of aliphatic imine (C=N–C) groups is 1. The van der Waals surface area contributed by atoms with Crippen LogP contribution in [-0.2, 0) is 4.74 Å². The van der Waals surface area contributed by atoms with Crippen molar-refractivity contribution >= 4 is 23.6 Å². The van der Waals surface area contributed by atoms with Gasteiger partial charge in [0.05, 0.1) is 12.8 Å². The Morgan fingerprint density at radius 3 is 2.63 bits per heavy atom. The number of aryl methyl sites for hydroxylation is 1. The molecule has 3 aliphatic carbocycles. The van der Waals surface area contributed by atoms with E-state index in [2.05, 4.69) is 0 Å². The van der Waals surface area contributed by atoms with Crippen LogP contribution in [0.3, 0.4) is 0 Å². The van der Waals surface area contributed by atoms with Gasteiger partial charge in [0.2, 0.25) is 0 Å². The Morgan fingerprint density at radius 1 is 1.27 bits per heavy atom. The monoisotopic (exact) mass is 403 g/mol. The number of nitrogen functional groups attached to an aromatic ring is 1. The van der Waals surface area contributed by atoms with Gasteiger partial charge in [0, 0.05) is 58.7 Å². The summed E-state index contributed by atoms with van der Waals surface area (Å²) >= 11 is 0. The van der Waals surface area contributed by atoms with Gasteiger partial charge in [-0.1, -0.05) is 18.2 Å². The van der Waals surface area contributed by atoms with E-state index in [1.807, 2.05) is 43.5 Å². The van der Waals surface area contributed by atoms with Gasteiger partial charge in [-0.2, -0.15) is 0 Å². The average Bonchev–Trinajstić information content (AvgIpc) is 2.67. The maximum Gasteiger partial charge on any atom is 0.184 e. The SMILES string of the molecule is CO/C(N)=C/c1ccc(-c2nc(C)ccc2/C(C=NCC23CC(C2)C3)=C/N)cc1N. The summed E-state index contributed by atoms with van der Waals surface area (Å²) in [6.45, 7) is 2.85. The van der Waals surface area contributed by atoms with Gasteiger partial charge in [-0.3, -0.25) is 9.98 Å². The number of nitrogens with two attached hydrogens (primary N) is 3. The summed E-state index contributed by atoms with van der Waals surface area (Å²) in [5.74, 6) is 1.26. The summed E-state index contributed by atoms with van der Waals surface area (Å²) < 4.78 is 5.02. The predicted molar refractivity (Wildman–Crippen MR) is 123 cm³/mol. The predicted octanol–water partition coefficient (Wildman–Crippen LogP) is 3.71. The minimum Gasteiger partial charge on any atom is -0.483 e. The van der Waals surface area contributed by atoms with Gasteiger partial charge >= 0.3 is 0 Å². The number of aromatic nitrogens is 1. The van der Waals surface area contributed by atoms with Crippen molar-refractivity contribution < 1.29 is 4.74 Å². The maximum absolute atomic E-state index is 6.26. The van der Waals surface area contributed by atoms with Gasteiger partial charge in [-0.05, 0) is 49.7 Å². The van der Waals surface area contributed by atoms with Gasteiger partial charge < -0.3 is 21.9 Å². The van der Waals surface area contributed by atoms with Crippen LogP contribution in [0.5, 0.6) is 0 Å². The highest BCUT2D eigenvalue weighted by Gasteiger charge is 2.55. The van der Waals surface area contributed by atoms with E-state index in [9.17, 15) is 0 Å². The molecular weight excluding hydrogens is 374 g/mol. The van der Waals surface area contributed by atoms with E-state index in [0.29, 0.717) is 17.0 Å². The van der Waals surface area contributed by atoms with Crippen molar-refractivity contribution in [3.63, 3.8) is 0 Å². The Hall–Kier alpha value is -3.28. The number of hydrogen-bond acceptors (Lipinski definition) is 6. The Morgan fingerprint density at radius 2 is 2.03 bits per heavy atom. The van der Waals surface area contributed by atoms with Gasteiger partial charge in [0.25, 0.3) is 0 Å². The lowest BCUT2D eigenvalue weighted by atomic mass is 9.44. The van der Waals surface area contributed by atoms with E-state index >= 15 is 0 Å². The highest BCUT2D eigenvalue weighted by molar-refractivity contribution is 6.11. The minimum absolute atomic E-state index is 0.303. The number of methoxy groups -OCH3 is 1. The second-order valence-corrected chi connectivity index (χ2v) is 8.51. The van der Waals surface area contributed by atoms with Crippen molar-refractivity contribution in [3.05, 3.63) is 59.2 Å². The molecule has 0 radical (unpaired) electrons. The van der Waals surface area contributed by atoms with Crippen molar-refractivity contribution in [1.29, 1.82) is 0 Å². The average molecular weight is 404 g/mol. The van der Waals surface area contributed by atoms with Gasteiger partial charge in [-0.15, -0.1) is 0 Å². The summed E-state index contributed by atoms with van der Waals surface area (Å²) in [5, 5.41) is 0. The summed E-state index contributed by atoms with van der Waals surface area (Å²) in [7, 11) is 1.52. The molecule has 0 amide bonds. The van der Waals surface area contributed by atoms with Gasteiger partial charge in [-0.25, -0.2) is 0 Å². The van der Waals surface area contributed by atoms with Crippen molar-refractivity contribution in [2.45, 2.75) is 26.2 Å². The Balaban J connectivity index is 1.64. The molecule has 2 bridgehead atoms. The quantitative estimate of drug-likeness (QED) is 0.370. The maximum atomic E-state index is 6.26. The number of allylic oxidation sites excluding steroid dienone is 1. The van der Waals surface area contributed by atoms with Crippen LogP contribution in [0.25, 0.3) is 22.9 Å². The van der Waals surface area contributed by atoms with Crippen LogP contribution in [-0.4, -0.2) is 24.9 Å². The molecule has 6 nitrogen and oxygen atoms in total. The zero-order valence-corrected chi connectivity index (χ0v) is 17.6. The second-order valence-electron chi connectivity index (χ2n) is 8.51. The van der Waals surface area contributed by atoms with E-state index in [4.69, 9.17) is 31.9 Å². The topological polar surface area (TPSA) is 113 Å². The Bertz CT molecular complexity index is 1040. The van der Waals surface area contributed by atoms with Crippen LogP contribution >= 0.6 is 0 Å². The second kappa shape index (κ2) is 7.86. The zero-order chi connectivity index (χ0) is 21.3. The fraction of sp³-hybridized carbons (Fsp3) is 0.333. The van der Waals surface area contributed by atoms with E-state index in [0.717, 1.165) is 46.1 Å². The van der Waals surface area contributed by atoms with E-state index in [1.165, 1.54) is 26.4 Å². The normalized spacial score (nSPS) is 23.2. The van der Waals surface area contributed by atoms with Gasteiger partial charge in [0.1, 0.15) is 0 Å². The highest BCUT2D eigenvalue weighted by Crippen LogP contribution is 2.64. The third kappa shape index (κ3) is 3.77. The summed E-state index contributed by atoms with van der Waals surface area (Å²) in [6, 6.07) is 9.80. The van der Waals surface area contributed by atoms with Gasteiger partial charge in [0.15, 0.2) is 5.88 Å². The first kappa shape index (κ1) is 20.0. The number of hydrogen-bond donors (Lipinski definition) is 3. The lowest BCUT2D eigenvalue weighted by molar-refractivity contribution is -0.0958. The minimum atomic E-state index is 0.303. The molecule has 1 aromatic heterocycles. The van der Waals surface area contributed by atoms with Crippen molar-refractivity contribution in [2.24, 2.45) is 27.8 Å². The van der Waals surface area contributed by atoms with E-state index in [1.54, 1.807) is 12.3 Å². The standard InChI is InChI=1S/C24H29N5O/c1-15-3-6-20(19(12-25)13-28-14-24-9-16(10-24)11-24)23(29-15)18-5-4-17(21(26)7-18)8-22(27)30-2/h3-8,12-13,16H,9-11,14,25-27H2,1-2H3/b19-12+,22-8+,28-13?. The molecule has 0 aliphatic heterocycles. The summed E-state index contributed by atoms with van der Waals surface area (Å²) in [4.78, 5) is 9.49. The van der Waals surface area contributed by atoms with Crippen LogP contribution in [0.2, 0.25) is 0 Å².